The molecule has 98 valence electrons. The van der Waals surface area contributed by atoms with Gasteiger partial charge < -0.3 is 9.47 Å². The highest BCUT2D eigenvalue weighted by Gasteiger charge is 2.09. The Morgan fingerprint density at radius 1 is 1.11 bits per heavy atom. The van der Waals surface area contributed by atoms with Crippen LogP contribution in [0.4, 0.5) is 0 Å². The molecule has 0 radical (unpaired) electrons. The van der Waals surface area contributed by atoms with E-state index in [1.54, 1.807) is 13.2 Å². The summed E-state index contributed by atoms with van der Waals surface area (Å²) in [7, 11) is 2.92. The van der Waals surface area contributed by atoms with Gasteiger partial charge in [0, 0.05) is 7.11 Å². The first-order chi connectivity index (χ1) is 9.24. The summed E-state index contributed by atoms with van der Waals surface area (Å²) in [5.41, 5.74) is 1.46. The lowest BCUT2D eigenvalue weighted by Gasteiger charge is -2.05. The molecular weight excluding hydrogens is 240 g/mol. The number of ether oxygens (including phenoxy) is 2. The fourth-order valence-corrected chi connectivity index (χ4v) is 1.94. The highest BCUT2D eigenvalue weighted by atomic mass is 16.5. The maximum Gasteiger partial charge on any atom is 0.336 e. The van der Waals surface area contributed by atoms with Crippen molar-refractivity contribution in [3.8, 4) is 0 Å². The van der Waals surface area contributed by atoms with Crippen LogP contribution >= 0.6 is 0 Å². The first kappa shape index (κ1) is 13.3. The van der Waals surface area contributed by atoms with Crippen molar-refractivity contribution in [3.63, 3.8) is 0 Å². The van der Waals surface area contributed by atoms with Gasteiger partial charge in [-0.3, -0.25) is 0 Å². The van der Waals surface area contributed by atoms with Crippen LogP contribution in [0.5, 0.6) is 0 Å². The molecule has 2 aromatic rings. The molecule has 0 N–H and O–H groups in total. The predicted molar refractivity (Wildman–Crippen MR) is 75.8 cm³/mol. The smallest absolute Gasteiger partial charge is 0.336 e. The van der Waals surface area contributed by atoms with E-state index in [-0.39, 0.29) is 12.6 Å². The lowest BCUT2D eigenvalue weighted by molar-refractivity contribution is -0.136. The zero-order valence-corrected chi connectivity index (χ0v) is 11.1. The van der Waals surface area contributed by atoms with Gasteiger partial charge in [0.1, 0.15) is 0 Å². The van der Waals surface area contributed by atoms with Gasteiger partial charge in [0.15, 0.2) is 0 Å². The van der Waals surface area contributed by atoms with Crippen LogP contribution in [0.2, 0.25) is 0 Å². The highest BCUT2D eigenvalue weighted by molar-refractivity contribution is 5.95. The summed E-state index contributed by atoms with van der Waals surface area (Å²) in [5, 5.41) is 2.31. The molecule has 3 heteroatoms. The van der Waals surface area contributed by atoms with Gasteiger partial charge in [-0.05, 0) is 28.5 Å². The lowest BCUT2D eigenvalue weighted by Crippen LogP contribution is -2.09. The number of benzene rings is 2. The molecule has 0 unspecified atom stereocenters. The molecule has 2 rings (SSSR count). The average Bonchev–Trinajstić information content (AvgIpc) is 2.46. The number of fused-ring (bicyclic) bond motifs is 1. The number of rotatable bonds is 4. The first-order valence-corrected chi connectivity index (χ1v) is 6.01. The second-order valence-electron chi connectivity index (χ2n) is 4.20. The fourth-order valence-electron chi connectivity index (χ4n) is 1.94. The van der Waals surface area contributed by atoms with E-state index in [1.165, 1.54) is 12.5 Å². The minimum absolute atomic E-state index is 0.236. The standard InChI is InChI=1S/C16H16O3/c1-18-11-15(16(17)19-2)10-12-7-8-13-5-3-4-6-14(13)9-12/h3-10H,11H2,1-2H3/b15-10+. The molecule has 0 heterocycles. The Balaban J connectivity index is 2.39. The number of methoxy groups -OCH3 is 2. The highest BCUT2D eigenvalue weighted by Crippen LogP contribution is 2.18. The van der Waals surface area contributed by atoms with Crippen LogP contribution in [0.25, 0.3) is 16.8 Å². The molecule has 2 aromatic carbocycles. The Hall–Kier alpha value is -2.13. The van der Waals surface area contributed by atoms with Crippen molar-refractivity contribution in [2.75, 3.05) is 20.8 Å². The lowest BCUT2D eigenvalue weighted by atomic mass is 10.1. The van der Waals surface area contributed by atoms with Crippen LogP contribution in [-0.4, -0.2) is 26.8 Å². The molecule has 0 aliphatic heterocycles. The van der Waals surface area contributed by atoms with Gasteiger partial charge in [-0.2, -0.15) is 0 Å². The summed E-state index contributed by atoms with van der Waals surface area (Å²) in [6, 6.07) is 14.1. The van der Waals surface area contributed by atoms with E-state index < -0.39 is 0 Å². The van der Waals surface area contributed by atoms with E-state index in [2.05, 4.69) is 6.07 Å². The Labute approximate surface area is 112 Å². The molecule has 0 aliphatic carbocycles. The molecule has 3 nitrogen and oxygen atoms in total. The van der Waals surface area contributed by atoms with E-state index in [0.717, 1.165) is 10.9 Å². The van der Waals surface area contributed by atoms with Crippen LogP contribution in [-0.2, 0) is 14.3 Å². The van der Waals surface area contributed by atoms with E-state index >= 15 is 0 Å². The number of carbonyl (C=O) groups is 1. The predicted octanol–water partition coefficient (Wildman–Crippen LogP) is 3.04. The van der Waals surface area contributed by atoms with Gasteiger partial charge in [0.05, 0.1) is 19.3 Å². The number of esters is 1. The Bertz CT molecular complexity index is 614. The van der Waals surface area contributed by atoms with Crippen molar-refractivity contribution in [2.45, 2.75) is 0 Å². The molecule has 0 bridgehead atoms. The minimum atomic E-state index is -0.366. The Morgan fingerprint density at radius 3 is 2.53 bits per heavy atom. The second kappa shape index (κ2) is 6.16. The summed E-state index contributed by atoms with van der Waals surface area (Å²) in [6.45, 7) is 0.236. The third-order valence-electron chi connectivity index (χ3n) is 2.86. The van der Waals surface area contributed by atoms with Crippen LogP contribution in [0, 0.1) is 0 Å². The van der Waals surface area contributed by atoms with Gasteiger partial charge in [-0.25, -0.2) is 4.79 Å². The van der Waals surface area contributed by atoms with Crippen LogP contribution in [0.15, 0.2) is 48.0 Å². The molecule has 0 aliphatic rings. The van der Waals surface area contributed by atoms with Crippen molar-refractivity contribution in [1.29, 1.82) is 0 Å². The number of carbonyl (C=O) groups excluding carboxylic acids is 1. The molecule has 0 atom stereocenters. The maximum atomic E-state index is 11.6. The average molecular weight is 256 g/mol. The molecule has 19 heavy (non-hydrogen) atoms. The molecular formula is C16H16O3. The number of hydrogen-bond acceptors (Lipinski definition) is 3. The summed E-state index contributed by atoms with van der Waals surface area (Å²) >= 11 is 0. The van der Waals surface area contributed by atoms with Crippen molar-refractivity contribution >= 4 is 22.8 Å². The molecule has 0 saturated carbocycles. The Kier molecular flexibility index (Phi) is 4.31. The van der Waals surface area contributed by atoms with Gasteiger partial charge in [-0.15, -0.1) is 0 Å². The normalized spacial score (nSPS) is 11.6. The van der Waals surface area contributed by atoms with Crippen molar-refractivity contribution in [2.24, 2.45) is 0 Å². The second-order valence-corrected chi connectivity index (χ2v) is 4.20. The van der Waals surface area contributed by atoms with Crippen LogP contribution in [0.1, 0.15) is 5.56 Å². The van der Waals surface area contributed by atoms with Crippen molar-refractivity contribution in [1.82, 2.24) is 0 Å². The van der Waals surface area contributed by atoms with E-state index in [4.69, 9.17) is 9.47 Å². The first-order valence-electron chi connectivity index (χ1n) is 6.01. The van der Waals surface area contributed by atoms with Crippen molar-refractivity contribution < 1.29 is 14.3 Å². The summed E-state index contributed by atoms with van der Waals surface area (Å²) in [5.74, 6) is -0.366. The summed E-state index contributed by atoms with van der Waals surface area (Å²) in [6.07, 6.45) is 1.79. The fraction of sp³-hybridized carbons (Fsp3) is 0.188. The zero-order valence-electron chi connectivity index (χ0n) is 11.1. The van der Waals surface area contributed by atoms with Crippen LogP contribution in [0.3, 0.4) is 0 Å². The number of hydrogen-bond donors (Lipinski definition) is 0. The third kappa shape index (κ3) is 3.20. The minimum Gasteiger partial charge on any atom is -0.466 e. The van der Waals surface area contributed by atoms with Crippen LogP contribution < -0.4 is 0 Å². The summed E-state index contributed by atoms with van der Waals surface area (Å²) in [4.78, 5) is 11.6. The van der Waals surface area contributed by atoms with Gasteiger partial charge in [-0.1, -0.05) is 36.4 Å². The van der Waals surface area contributed by atoms with Crippen molar-refractivity contribution in [3.05, 3.63) is 53.6 Å². The van der Waals surface area contributed by atoms with Gasteiger partial charge in [0.2, 0.25) is 0 Å². The van der Waals surface area contributed by atoms with E-state index in [1.807, 2.05) is 36.4 Å². The van der Waals surface area contributed by atoms with Gasteiger partial charge in [0.25, 0.3) is 0 Å². The zero-order chi connectivity index (χ0) is 13.7. The third-order valence-corrected chi connectivity index (χ3v) is 2.86. The topological polar surface area (TPSA) is 35.5 Å². The molecule has 0 aromatic heterocycles. The molecule has 0 fully saturated rings. The molecule has 0 spiro atoms. The van der Waals surface area contributed by atoms with E-state index in [0.29, 0.717) is 5.57 Å². The van der Waals surface area contributed by atoms with E-state index in [9.17, 15) is 4.79 Å². The monoisotopic (exact) mass is 256 g/mol. The molecule has 0 amide bonds. The Morgan fingerprint density at radius 2 is 1.84 bits per heavy atom. The SMILES string of the molecule is COC/C(=C\c1ccc2ccccc2c1)C(=O)OC. The van der Waals surface area contributed by atoms with Gasteiger partial charge >= 0.3 is 5.97 Å². The quantitative estimate of drug-likeness (QED) is 0.623. The maximum absolute atomic E-state index is 11.6. The molecule has 0 saturated heterocycles. The largest absolute Gasteiger partial charge is 0.466 e. The summed E-state index contributed by atoms with van der Waals surface area (Å²) < 4.78 is 9.75.